The molecule has 1 unspecified atom stereocenters. The summed E-state index contributed by atoms with van der Waals surface area (Å²) in [7, 11) is 0. The summed E-state index contributed by atoms with van der Waals surface area (Å²) in [6, 6.07) is 10.3. The van der Waals surface area contributed by atoms with Gasteiger partial charge in [0.1, 0.15) is 0 Å². The highest BCUT2D eigenvalue weighted by atomic mass is 16.5. The first kappa shape index (κ1) is 12.9. The van der Waals surface area contributed by atoms with E-state index in [0.29, 0.717) is 6.61 Å². The third kappa shape index (κ3) is 4.02. The second kappa shape index (κ2) is 7.00. The molecule has 1 aliphatic carbocycles. The molecule has 2 heteroatoms. The van der Waals surface area contributed by atoms with Crippen LogP contribution in [0, 0.1) is 5.92 Å². The Morgan fingerprint density at radius 3 is 2.78 bits per heavy atom. The average Bonchev–Trinajstić information content (AvgIpc) is 2.45. The van der Waals surface area contributed by atoms with E-state index in [0.717, 1.165) is 32.1 Å². The minimum absolute atomic E-state index is 0.0209. The topological polar surface area (TPSA) is 26.3 Å². The summed E-state index contributed by atoms with van der Waals surface area (Å²) in [4.78, 5) is 11.8. The van der Waals surface area contributed by atoms with E-state index in [1.54, 1.807) is 0 Å². The van der Waals surface area contributed by atoms with Gasteiger partial charge in [-0.25, -0.2) is 0 Å². The van der Waals surface area contributed by atoms with E-state index in [-0.39, 0.29) is 11.9 Å². The zero-order valence-corrected chi connectivity index (χ0v) is 10.7. The van der Waals surface area contributed by atoms with E-state index in [9.17, 15) is 4.79 Å². The van der Waals surface area contributed by atoms with Crippen LogP contribution in [-0.2, 0) is 16.0 Å². The van der Waals surface area contributed by atoms with Crippen molar-refractivity contribution in [1.82, 2.24) is 0 Å². The molecule has 0 bridgehead atoms. The molecule has 1 aliphatic rings. The first-order valence-corrected chi connectivity index (χ1v) is 6.72. The molecule has 0 fully saturated rings. The van der Waals surface area contributed by atoms with Crippen molar-refractivity contribution in [2.45, 2.75) is 32.1 Å². The van der Waals surface area contributed by atoms with Crippen LogP contribution < -0.4 is 0 Å². The molecule has 0 spiro atoms. The lowest BCUT2D eigenvalue weighted by Gasteiger charge is -2.16. The number of hydrogen-bond donors (Lipinski definition) is 0. The van der Waals surface area contributed by atoms with Crippen LogP contribution in [0.3, 0.4) is 0 Å². The third-order valence-corrected chi connectivity index (χ3v) is 3.30. The maximum absolute atomic E-state index is 11.8. The minimum atomic E-state index is -0.0209. The van der Waals surface area contributed by atoms with Gasteiger partial charge in [-0.3, -0.25) is 4.79 Å². The third-order valence-electron chi connectivity index (χ3n) is 3.30. The van der Waals surface area contributed by atoms with Crippen LogP contribution in [0.4, 0.5) is 0 Å². The molecule has 0 aliphatic heterocycles. The fraction of sp³-hybridized carbons (Fsp3) is 0.438. The molecule has 0 aromatic heterocycles. The van der Waals surface area contributed by atoms with Crippen LogP contribution in [0.5, 0.6) is 0 Å². The van der Waals surface area contributed by atoms with Gasteiger partial charge >= 0.3 is 5.97 Å². The summed E-state index contributed by atoms with van der Waals surface area (Å²) in [5.41, 5.74) is 1.30. The van der Waals surface area contributed by atoms with Crippen molar-refractivity contribution in [2.24, 2.45) is 5.92 Å². The van der Waals surface area contributed by atoms with Gasteiger partial charge in [0.2, 0.25) is 0 Å². The van der Waals surface area contributed by atoms with E-state index in [1.165, 1.54) is 5.56 Å². The predicted octanol–water partition coefficient (Wildman–Crippen LogP) is 3.52. The Morgan fingerprint density at radius 1 is 1.22 bits per heavy atom. The largest absolute Gasteiger partial charge is 0.465 e. The monoisotopic (exact) mass is 244 g/mol. The Labute approximate surface area is 109 Å². The van der Waals surface area contributed by atoms with Crippen LogP contribution in [0.15, 0.2) is 42.5 Å². The number of carbonyl (C=O) groups excluding carboxylic acids is 1. The fourth-order valence-electron chi connectivity index (χ4n) is 2.22. The fourth-order valence-corrected chi connectivity index (χ4v) is 2.22. The minimum Gasteiger partial charge on any atom is -0.465 e. The van der Waals surface area contributed by atoms with Gasteiger partial charge in [0.05, 0.1) is 12.5 Å². The van der Waals surface area contributed by atoms with Crippen molar-refractivity contribution < 1.29 is 9.53 Å². The smallest absolute Gasteiger partial charge is 0.309 e. The van der Waals surface area contributed by atoms with Crippen LogP contribution in [0.25, 0.3) is 0 Å². The van der Waals surface area contributed by atoms with Crippen LogP contribution in [0.2, 0.25) is 0 Å². The highest BCUT2D eigenvalue weighted by Crippen LogP contribution is 2.19. The Hall–Kier alpha value is -1.57. The molecular formula is C16H20O2. The second-order valence-corrected chi connectivity index (χ2v) is 4.74. The van der Waals surface area contributed by atoms with Gasteiger partial charge < -0.3 is 4.74 Å². The van der Waals surface area contributed by atoms with Gasteiger partial charge in [-0.2, -0.15) is 0 Å². The van der Waals surface area contributed by atoms with Gasteiger partial charge in [-0.1, -0.05) is 42.5 Å². The van der Waals surface area contributed by atoms with E-state index < -0.39 is 0 Å². The van der Waals surface area contributed by atoms with Gasteiger partial charge in [0.25, 0.3) is 0 Å². The van der Waals surface area contributed by atoms with Gasteiger partial charge in [0, 0.05) is 0 Å². The Morgan fingerprint density at radius 2 is 2.06 bits per heavy atom. The molecule has 0 heterocycles. The number of rotatable bonds is 5. The predicted molar refractivity (Wildman–Crippen MR) is 72.2 cm³/mol. The molecule has 96 valence electrons. The molecule has 1 aromatic rings. The van der Waals surface area contributed by atoms with E-state index >= 15 is 0 Å². The summed E-state index contributed by atoms with van der Waals surface area (Å²) in [6.07, 6.45) is 8.88. The Balaban J connectivity index is 1.63. The number of carbonyl (C=O) groups is 1. The summed E-state index contributed by atoms with van der Waals surface area (Å²) in [5, 5.41) is 0. The molecule has 1 aromatic carbocycles. The van der Waals surface area contributed by atoms with Gasteiger partial charge in [-0.05, 0) is 37.7 Å². The highest BCUT2D eigenvalue weighted by molar-refractivity contribution is 5.72. The molecule has 1 atom stereocenters. The molecule has 18 heavy (non-hydrogen) atoms. The van der Waals surface area contributed by atoms with Crippen molar-refractivity contribution in [2.75, 3.05) is 6.61 Å². The van der Waals surface area contributed by atoms with E-state index in [2.05, 4.69) is 24.3 Å². The summed E-state index contributed by atoms with van der Waals surface area (Å²) in [6.45, 7) is 0.536. The van der Waals surface area contributed by atoms with Crippen molar-refractivity contribution in [1.29, 1.82) is 0 Å². The molecule has 0 saturated carbocycles. The molecular weight excluding hydrogens is 224 g/mol. The molecule has 2 nitrogen and oxygen atoms in total. The lowest BCUT2D eigenvalue weighted by Crippen LogP contribution is -2.19. The summed E-state index contributed by atoms with van der Waals surface area (Å²) in [5.74, 6) is 0.0686. The lowest BCUT2D eigenvalue weighted by atomic mass is 9.95. The van der Waals surface area contributed by atoms with Gasteiger partial charge in [-0.15, -0.1) is 0 Å². The van der Waals surface area contributed by atoms with Crippen LogP contribution >= 0.6 is 0 Å². The Kier molecular flexibility index (Phi) is 5.00. The Bertz CT molecular complexity index is 395. The number of esters is 1. The molecule has 0 N–H and O–H groups in total. The van der Waals surface area contributed by atoms with Crippen molar-refractivity contribution in [3.05, 3.63) is 48.0 Å². The number of aryl methyl sites for hydroxylation is 1. The van der Waals surface area contributed by atoms with Crippen molar-refractivity contribution >= 4 is 5.97 Å². The molecule has 0 amide bonds. The van der Waals surface area contributed by atoms with Crippen molar-refractivity contribution in [3.63, 3.8) is 0 Å². The standard InChI is InChI=1S/C16H20O2/c17-16(15-11-5-2-6-12-15)18-13-7-10-14-8-3-1-4-9-14/h1-5,8-9,15H,6-7,10-13H2. The number of hydrogen-bond acceptors (Lipinski definition) is 2. The van der Waals surface area contributed by atoms with Crippen molar-refractivity contribution in [3.8, 4) is 0 Å². The first-order valence-electron chi connectivity index (χ1n) is 6.72. The maximum Gasteiger partial charge on any atom is 0.309 e. The quantitative estimate of drug-likeness (QED) is 0.450. The summed E-state index contributed by atoms with van der Waals surface area (Å²) < 4.78 is 5.33. The SMILES string of the molecule is O=C(OCCCc1ccccc1)C1CC=CCC1. The van der Waals surface area contributed by atoms with Crippen LogP contribution in [-0.4, -0.2) is 12.6 Å². The molecule has 0 radical (unpaired) electrons. The zero-order valence-electron chi connectivity index (χ0n) is 10.7. The second-order valence-electron chi connectivity index (χ2n) is 4.74. The van der Waals surface area contributed by atoms with E-state index in [1.807, 2.05) is 18.2 Å². The molecule has 0 saturated heterocycles. The van der Waals surface area contributed by atoms with Crippen LogP contribution in [0.1, 0.15) is 31.2 Å². The van der Waals surface area contributed by atoms with Gasteiger partial charge in [0.15, 0.2) is 0 Å². The lowest BCUT2D eigenvalue weighted by molar-refractivity contribution is -0.148. The highest BCUT2D eigenvalue weighted by Gasteiger charge is 2.19. The maximum atomic E-state index is 11.8. The zero-order chi connectivity index (χ0) is 12.6. The average molecular weight is 244 g/mol. The first-order chi connectivity index (χ1) is 8.86. The molecule has 2 rings (SSSR count). The number of ether oxygens (including phenoxy) is 1. The normalized spacial score (nSPS) is 18.6. The number of benzene rings is 1. The van der Waals surface area contributed by atoms with E-state index in [4.69, 9.17) is 4.74 Å². The summed E-state index contributed by atoms with van der Waals surface area (Å²) >= 11 is 0. The number of allylic oxidation sites excluding steroid dienone is 2.